The molecule has 1 aromatic rings. The summed E-state index contributed by atoms with van der Waals surface area (Å²) in [5.74, 6) is -0.0564. The molecule has 0 aliphatic rings. The van der Waals surface area contributed by atoms with Crippen LogP contribution in [-0.2, 0) is 10.0 Å². The first-order valence-corrected chi connectivity index (χ1v) is 9.06. The topological polar surface area (TPSA) is 46.2 Å². The Morgan fingerprint density at radius 3 is 2.24 bits per heavy atom. The van der Waals surface area contributed by atoms with Gasteiger partial charge in [0.25, 0.3) is 0 Å². The van der Waals surface area contributed by atoms with Crippen molar-refractivity contribution in [2.24, 2.45) is 5.92 Å². The Bertz CT molecular complexity index is 547. The van der Waals surface area contributed by atoms with Crippen LogP contribution in [0.5, 0.6) is 0 Å². The molecule has 1 aromatic carbocycles. The lowest BCUT2D eigenvalue weighted by Gasteiger charge is -2.17. The number of hydrogen-bond donors (Lipinski definition) is 1. The zero-order valence-corrected chi connectivity index (χ0v) is 14.2. The molecule has 1 unspecified atom stereocenters. The van der Waals surface area contributed by atoms with Gasteiger partial charge in [0.05, 0.1) is 4.90 Å². The van der Waals surface area contributed by atoms with Crippen molar-refractivity contribution in [3.05, 3.63) is 29.1 Å². The van der Waals surface area contributed by atoms with Gasteiger partial charge in [0, 0.05) is 6.54 Å². The summed E-state index contributed by atoms with van der Waals surface area (Å²) < 4.78 is 40.9. The van der Waals surface area contributed by atoms with E-state index in [-0.39, 0.29) is 4.90 Å². The van der Waals surface area contributed by atoms with Gasteiger partial charge in [0.2, 0.25) is 10.0 Å². The number of benzene rings is 1. The average Bonchev–Trinajstić information content (AvgIpc) is 2.37. The van der Waals surface area contributed by atoms with E-state index in [1.54, 1.807) is 13.8 Å². The molecule has 0 aliphatic heterocycles. The third-order valence-electron chi connectivity index (χ3n) is 3.80. The zero-order valence-electron chi connectivity index (χ0n) is 13.4. The van der Waals surface area contributed by atoms with Crippen molar-refractivity contribution in [2.45, 2.75) is 58.3 Å². The van der Waals surface area contributed by atoms with E-state index < -0.39 is 15.8 Å². The second-order valence-electron chi connectivity index (χ2n) is 5.64. The fraction of sp³-hybridized carbons (Fsp3) is 0.625. The Morgan fingerprint density at radius 1 is 1.19 bits per heavy atom. The molecule has 1 N–H and O–H groups in total. The first-order valence-electron chi connectivity index (χ1n) is 7.58. The van der Waals surface area contributed by atoms with E-state index in [0.29, 0.717) is 23.6 Å². The number of nitrogens with one attached hydrogen (secondary N) is 1. The maximum absolute atomic E-state index is 13.3. The second kappa shape index (κ2) is 7.90. The molecule has 0 spiro atoms. The quantitative estimate of drug-likeness (QED) is 0.790. The van der Waals surface area contributed by atoms with Gasteiger partial charge in [-0.05, 0) is 49.4 Å². The number of rotatable bonds is 8. The Kier molecular flexibility index (Phi) is 6.81. The van der Waals surface area contributed by atoms with Crippen LogP contribution in [0.15, 0.2) is 17.0 Å². The number of aryl methyl sites for hydroxylation is 2. The highest BCUT2D eigenvalue weighted by atomic mass is 32.2. The summed E-state index contributed by atoms with van der Waals surface area (Å²) in [5.41, 5.74) is 0.892. The monoisotopic (exact) mass is 315 g/mol. The molecule has 0 radical (unpaired) electrons. The molecule has 0 heterocycles. The van der Waals surface area contributed by atoms with E-state index >= 15 is 0 Å². The lowest BCUT2D eigenvalue weighted by molar-refractivity contribution is 0.443. The van der Waals surface area contributed by atoms with E-state index in [2.05, 4.69) is 18.6 Å². The fourth-order valence-electron chi connectivity index (χ4n) is 2.56. The molecule has 0 bridgehead atoms. The van der Waals surface area contributed by atoms with Crippen LogP contribution >= 0.6 is 0 Å². The molecule has 1 atom stereocenters. The van der Waals surface area contributed by atoms with Crippen molar-refractivity contribution in [3.8, 4) is 0 Å². The molecular formula is C16H26FNO2S. The molecule has 0 amide bonds. The molecule has 3 nitrogen and oxygen atoms in total. The third-order valence-corrected chi connectivity index (χ3v) is 5.53. The van der Waals surface area contributed by atoms with E-state index in [1.807, 2.05) is 0 Å². The van der Waals surface area contributed by atoms with E-state index in [9.17, 15) is 12.8 Å². The van der Waals surface area contributed by atoms with Gasteiger partial charge in [-0.15, -0.1) is 0 Å². The summed E-state index contributed by atoms with van der Waals surface area (Å²) in [4.78, 5) is 0.203. The molecular weight excluding hydrogens is 289 g/mol. The Labute approximate surface area is 128 Å². The summed E-state index contributed by atoms with van der Waals surface area (Å²) >= 11 is 0. The van der Waals surface area contributed by atoms with Crippen molar-refractivity contribution in [3.63, 3.8) is 0 Å². The fourth-order valence-corrected chi connectivity index (χ4v) is 4.13. The van der Waals surface area contributed by atoms with Crippen LogP contribution in [0.2, 0.25) is 0 Å². The van der Waals surface area contributed by atoms with Crippen LogP contribution in [0.1, 0.15) is 50.7 Å². The van der Waals surface area contributed by atoms with Gasteiger partial charge in [-0.2, -0.15) is 0 Å². The third kappa shape index (κ3) is 5.08. The minimum atomic E-state index is -3.59. The van der Waals surface area contributed by atoms with Crippen molar-refractivity contribution < 1.29 is 12.8 Å². The van der Waals surface area contributed by atoms with Crippen LogP contribution in [0.4, 0.5) is 4.39 Å². The molecule has 0 aromatic heterocycles. The highest BCUT2D eigenvalue weighted by Crippen LogP contribution is 2.22. The van der Waals surface area contributed by atoms with Gasteiger partial charge in [0.15, 0.2) is 0 Å². The molecule has 0 saturated heterocycles. The molecule has 0 aliphatic carbocycles. The minimum absolute atomic E-state index is 0.203. The van der Waals surface area contributed by atoms with Crippen LogP contribution in [0.3, 0.4) is 0 Å². The largest absolute Gasteiger partial charge is 0.241 e. The number of sulfonamides is 1. The zero-order chi connectivity index (χ0) is 16.0. The predicted molar refractivity (Wildman–Crippen MR) is 84.4 cm³/mol. The van der Waals surface area contributed by atoms with Gasteiger partial charge in [-0.3, -0.25) is 0 Å². The Balaban J connectivity index is 2.87. The average molecular weight is 315 g/mol. The SMILES string of the molecule is CCCCC(CC)CNS(=O)(=O)c1c(C)cc(F)cc1C. The highest BCUT2D eigenvalue weighted by molar-refractivity contribution is 7.89. The number of halogens is 1. The highest BCUT2D eigenvalue weighted by Gasteiger charge is 2.21. The van der Waals surface area contributed by atoms with E-state index in [1.165, 1.54) is 12.1 Å². The second-order valence-corrected chi connectivity index (χ2v) is 7.34. The van der Waals surface area contributed by atoms with Gasteiger partial charge in [-0.1, -0.05) is 33.1 Å². The summed E-state index contributed by atoms with van der Waals surface area (Å²) in [6.07, 6.45) is 4.19. The molecule has 1 rings (SSSR count). The summed E-state index contributed by atoms with van der Waals surface area (Å²) in [5, 5.41) is 0. The normalized spacial score (nSPS) is 13.4. The summed E-state index contributed by atoms with van der Waals surface area (Å²) in [7, 11) is -3.59. The summed E-state index contributed by atoms with van der Waals surface area (Å²) in [6.45, 7) is 7.89. The Hall–Kier alpha value is -0.940. The smallest absolute Gasteiger partial charge is 0.211 e. The number of hydrogen-bond acceptors (Lipinski definition) is 2. The van der Waals surface area contributed by atoms with E-state index in [4.69, 9.17) is 0 Å². The standard InChI is InChI=1S/C16H26FNO2S/c1-5-7-8-14(6-2)11-18-21(19,20)16-12(3)9-15(17)10-13(16)4/h9-10,14,18H,5-8,11H2,1-4H3. The summed E-state index contributed by atoms with van der Waals surface area (Å²) in [6, 6.07) is 2.52. The number of unbranched alkanes of at least 4 members (excludes halogenated alkanes) is 1. The van der Waals surface area contributed by atoms with Crippen molar-refractivity contribution >= 4 is 10.0 Å². The van der Waals surface area contributed by atoms with E-state index in [0.717, 1.165) is 25.7 Å². The minimum Gasteiger partial charge on any atom is -0.211 e. The first-order chi connectivity index (χ1) is 9.81. The lowest BCUT2D eigenvalue weighted by Crippen LogP contribution is -2.30. The van der Waals surface area contributed by atoms with Gasteiger partial charge < -0.3 is 0 Å². The van der Waals surface area contributed by atoms with Crippen LogP contribution < -0.4 is 4.72 Å². The molecule has 0 fully saturated rings. The maximum atomic E-state index is 13.3. The Morgan fingerprint density at radius 2 is 1.76 bits per heavy atom. The van der Waals surface area contributed by atoms with Crippen molar-refractivity contribution in [2.75, 3.05) is 6.54 Å². The lowest BCUT2D eigenvalue weighted by atomic mass is 10.00. The molecule has 120 valence electrons. The molecule has 5 heteroatoms. The van der Waals surface area contributed by atoms with Crippen LogP contribution in [0, 0.1) is 25.6 Å². The molecule has 21 heavy (non-hydrogen) atoms. The van der Waals surface area contributed by atoms with Crippen LogP contribution in [0.25, 0.3) is 0 Å². The first kappa shape index (κ1) is 18.1. The van der Waals surface area contributed by atoms with Crippen molar-refractivity contribution in [1.82, 2.24) is 4.72 Å². The molecule has 0 saturated carbocycles. The van der Waals surface area contributed by atoms with Gasteiger partial charge in [0.1, 0.15) is 5.82 Å². The van der Waals surface area contributed by atoms with Crippen molar-refractivity contribution in [1.29, 1.82) is 0 Å². The van der Waals surface area contributed by atoms with Crippen LogP contribution in [-0.4, -0.2) is 15.0 Å². The maximum Gasteiger partial charge on any atom is 0.241 e. The predicted octanol–water partition coefficient (Wildman–Crippen LogP) is 3.94. The van der Waals surface area contributed by atoms with Gasteiger partial charge in [-0.25, -0.2) is 17.5 Å². The van der Waals surface area contributed by atoms with Gasteiger partial charge >= 0.3 is 0 Å².